The first-order chi connectivity index (χ1) is 9.17. The molecule has 0 saturated carbocycles. The molecule has 0 aromatic heterocycles. The van der Waals surface area contributed by atoms with E-state index >= 15 is 0 Å². The summed E-state index contributed by atoms with van der Waals surface area (Å²) in [6.07, 6.45) is 2.10. The molecule has 0 spiro atoms. The van der Waals surface area contributed by atoms with Crippen molar-refractivity contribution in [2.24, 2.45) is 0 Å². The highest BCUT2D eigenvalue weighted by Crippen LogP contribution is 2.27. The van der Waals surface area contributed by atoms with Crippen LogP contribution in [-0.4, -0.2) is 27.0 Å². The zero-order valence-electron chi connectivity index (χ0n) is 10.1. The minimum absolute atomic E-state index is 0.0886. The van der Waals surface area contributed by atoms with Crippen molar-refractivity contribution in [3.05, 3.63) is 35.9 Å². The highest BCUT2D eigenvalue weighted by Gasteiger charge is 2.46. The molecule has 0 saturated heterocycles. The van der Waals surface area contributed by atoms with Gasteiger partial charge in [0.15, 0.2) is 0 Å². The highest BCUT2D eigenvalue weighted by atomic mass is 32.2. The Labute approximate surface area is 113 Å². The number of sulfonamides is 1. The Kier molecular flexibility index (Phi) is 4.77. The van der Waals surface area contributed by atoms with Crippen LogP contribution in [0.25, 0.3) is 6.08 Å². The number of anilines is 1. The fourth-order valence-corrected chi connectivity index (χ4v) is 1.75. The van der Waals surface area contributed by atoms with Gasteiger partial charge < -0.3 is 4.74 Å². The molecule has 1 N–H and O–H groups in total. The molecule has 0 fully saturated rings. The third-order valence-electron chi connectivity index (χ3n) is 2.11. The SMILES string of the molecule is COC(=O)/C=C/c1ccccc1NS(=O)(=O)C(F)(F)F. The van der Waals surface area contributed by atoms with Crippen molar-refractivity contribution in [1.29, 1.82) is 0 Å². The molecule has 110 valence electrons. The van der Waals surface area contributed by atoms with Gasteiger partial charge in [0.1, 0.15) is 0 Å². The van der Waals surface area contributed by atoms with E-state index < -0.39 is 21.5 Å². The summed E-state index contributed by atoms with van der Waals surface area (Å²) >= 11 is 0. The van der Waals surface area contributed by atoms with Crippen molar-refractivity contribution in [1.82, 2.24) is 0 Å². The number of halogens is 3. The van der Waals surface area contributed by atoms with Crippen molar-refractivity contribution >= 4 is 27.8 Å². The maximum atomic E-state index is 12.3. The third kappa shape index (κ3) is 3.98. The second kappa shape index (κ2) is 5.95. The van der Waals surface area contributed by atoms with Gasteiger partial charge in [0.25, 0.3) is 0 Å². The summed E-state index contributed by atoms with van der Waals surface area (Å²) in [6, 6.07) is 5.31. The number of esters is 1. The van der Waals surface area contributed by atoms with E-state index in [1.54, 1.807) is 0 Å². The number of carbonyl (C=O) groups is 1. The van der Waals surface area contributed by atoms with E-state index in [4.69, 9.17) is 0 Å². The number of alkyl halides is 3. The Morgan fingerprint density at radius 1 is 1.30 bits per heavy atom. The van der Waals surface area contributed by atoms with Crippen LogP contribution in [0.3, 0.4) is 0 Å². The number of nitrogens with one attached hydrogen (secondary N) is 1. The van der Waals surface area contributed by atoms with Gasteiger partial charge in [-0.05, 0) is 17.7 Å². The van der Waals surface area contributed by atoms with E-state index in [1.165, 1.54) is 22.9 Å². The van der Waals surface area contributed by atoms with Gasteiger partial charge in [-0.15, -0.1) is 0 Å². The van der Waals surface area contributed by atoms with Crippen molar-refractivity contribution in [3.8, 4) is 0 Å². The van der Waals surface area contributed by atoms with Gasteiger partial charge in [-0.3, -0.25) is 4.72 Å². The van der Waals surface area contributed by atoms with Gasteiger partial charge in [-0.2, -0.15) is 21.6 Å². The minimum Gasteiger partial charge on any atom is -0.466 e. The Morgan fingerprint density at radius 3 is 2.45 bits per heavy atom. The van der Waals surface area contributed by atoms with E-state index in [0.29, 0.717) is 0 Å². The van der Waals surface area contributed by atoms with Crippen LogP contribution in [0, 0.1) is 0 Å². The quantitative estimate of drug-likeness (QED) is 0.683. The molecule has 0 atom stereocenters. The Bertz CT molecular complexity index is 623. The zero-order chi connectivity index (χ0) is 15.4. The van der Waals surface area contributed by atoms with Gasteiger partial charge in [-0.1, -0.05) is 18.2 Å². The van der Waals surface area contributed by atoms with Crippen LogP contribution in [0.15, 0.2) is 30.3 Å². The lowest BCUT2D eigenvalue weighted by molar-refractivity contribution is -0.134. The summed E-state index contributed by atoms with van der Waals surface area (Å²) in [5.74, 6) is -0.724. The molecule has 0 aliphatic heterocycles. The molecular weight excluding hydrogens is 299 g/mol. The Balaban J connectivity index is 3.09. The summed E-state index contributed by atoms with van der Waals surface area (Å²) in [6.45, 7) is 0. The van der Waals surface area contributed by atoms with E-state index in [-0.39, 0.29) is 11.3 Å². The summed E-state index contributed by atoms with van der Waals surface area (Å²) in [4.78, 5) is 10.9. The average molecular weight is 309 g/mol. The van der Waals surface area contributed by atoms with Crippen LogP contribution in [-0.2, 0) is 19.6 Å². The average Bonchev–Trinajstić information content (AvgIpc) is 2.35. The molecule has 0 aliphatic carbocycles. The number of hydrogen-bond donors (Lipinski definition) is 1. The predicted molar refractivity (Wildman–Crippen MR) is 66.1 cm³/mol. The van der Waals surface area contributed by atoms with Crippen LogP contribution in [0.2, 0.25) is 0 Å². The predicted octanol–water partition coefficient (Wildman–Crippen LogP) is 2.13. The first-order valence-electron chi connectivity index (χ1n) is 5.11. The van der Waals surface area contributed by atoms with Gasteiger partial charge in [0.2, 0.25) is 0 Å². The maximum absolute atomic E-state index is 12.3. The van der Waals surface area contributed by atoms with Gasteiger partial charge >= 0.3 is 21.5 Å². The zero-order valence-corrected chi connectivity index (χ0v) is 11.0. The molecule has 20 heavy (non-hydrogen) atoms. The monoisotopic (exact) mass is 309 g/mol. The summed E-state index contributed by atoms with van der Waals surface area (Å²) in [7, 11) is -4.39. The standard InChI is InChI=1S/C11H10F3NO4S/c1-19-10(16)7-6-8-4-2-3-5-9(8)15-20(17,18)11(12,13)14/h2-7,15H,1H3/b7-6+. The Morgan fingerprint density at radius 2 is 1.90 bits per heavy atom. The number of ether oxygens (including phenoxy) is 1. The topological polar surface area (TPSA) is 72.5 Å². The smallest absolute Gasteiger partial charge is 0.466 e. The number of para-hydroxylation sites is 1. The third-order valence-corrected chi connectivity index (χ3v) is 3.21. The molecule has 9 heteroatoms. The largest absolute Gasteiger partial charge is 0.516 e. The first kappa shape index (κ1) is 16.0. The second-order valence-corrected chi connectivity index (χ2v) is 5.17. The molecule has 1 aromatic carbocycles. The number of methoxy groups -OCH3 is 1. The van der Waals surface area contributed by atoms with Crippen LogP contribution in [0.4, 0.5) is 18.9 Å². The van der Waals surface area contributed by atoms with Crippen molar-refractivity contribution in [2.75, 3.05) is 11.8 Å². The molecule has 0 bridgehead atoms. The number of hydrogen-bond acceptors (Lipinski definition) is 4. The fraction of sp³-hybridized carbons (Fsp3) is 0.182. The number of benzene rings is 1. The van der Waals surface area contributed by atoms with E-state index in [1.807, 2.05) is 0 Å². The Hall–Kier alpha value is -2.03. The van der Waals surface area contributed by atoms with Crippen LogP contribution in [0.1, 0.15) is 5.56 Å². The second-order valence-electron chi connectivity index (χ2n) is 3.49. The first-order valence-corrected chi connectivity index (χ1v) is 6.60. The summed E-state index contributed by atoms with van der Waals surface area (Å²) < 4.78 is 64.6. The van der Waals surface area contributed by atoms with Crippen LogP contribution >= 0.6 is 0 Å². The molecule has 0 unspecified atom stereocenters. The van der Waals surface area contributed by atoms with E-state index in [2.05, 4.69) is 4.74 Å². The molecule has 1 rings (SSSR count). The lowest BCUT2D eigenvalue weighted by Gasteiger charge is -2.12. The summed E-state index contributed by atoms with van der Waals surface area (Å²) in [5, 5.41) is 0. The molecule has 5 nitrogen and oxygen atoms in total. The lowest BCUT2D eigenvalue weighted by Crippen LogP contribution is -2.30. The number of rotatable bonds is 4. The van der Waals surface area contributed by atoms with Crippen LogP contribution < -0.4 is 4.72 Å². The summed E-state index contributed by atoms with van der Waals surface area (Å²) in [5.41, 5.74) is -5.64. The van der Waals surface area contributed by atoms with E-state index in [9.17, 15) is 26.4 Å². The normalized spacial score (nSPS) is 12.4. The highest BCUT2D eigenvalue weighted by molar-refractivity contribution is 7.93. The molecule has 1 aromatic rings. The molecule has 0 heterocycles. The molecular formula is C11H10F3NO4S. The van der Waals surface area contributed by atoms with Gasteiger partial charge in [-0.25, -0.2) is 4.79 Å². The van der Waals surface area contributed by atoms with Crippen molar-refractivity contribution < 1.29 is 31.1 Å². The maximum Gasteiger partial charge on any atom is 0.516 e. The molecule has 0 amide bonds. The fourth-order valence-electron chi connectivity index (χ4n) is 1.16. The van der Waals surface area contributed by atoms with Crippen LogP contribution in [0.5, 0.6) is 0 Å². The van der Waals surface area contributed by atoms with Crippen molar-refractivity contribution in [2.45, 2.75) is 5.51 Å². The molecule has 0 radical (unpaired) electrons. The lowest BCUT2D eigenvalue weighted by atomic mass is 10.2. The molecule has 0 aliphatic rings. The van der Waals surface area contributed by atoms with Gasteiger partial charge in [0, 0.05) is 6.08 Å². The van der Waals surface area contributed by atoms with Gasteiger partial charge in [0.05, 0.1) is 12.8 Å². The number of carbonyl (C=O) groups excluding carboxylic acids is 1. The minimum atomic E-state index is -5.52. The van der Waals surface area contributed by atoms with E-state index in [0.717, 1.165) is 25.3 Å². The van der Waals surface area contributed by atoms with Crippen molar-refractivity contribution in [3.63, 3.8) is 0 Å².